The zero-order chi connectivity index (χ0) is 15.8. The lowest BCUT2D eigenvalue weighted by atomic mass is 10.0. The smallest absolute Gasteiger partial charge is 0.407 e. The maximum absolute atomic E-state index is 11.6. The van der Waals surface area contributed by atoms with Gasteiger partial charge >= 0.3 is 6.09 Å². The molecule has 1 rings (SSSR count). The Bertz CT molecular complexity index is 342. The van der Waals surface area contributed by atoms with E-state index < -0.39 is 5.60 Å². The maximum atomic E-state index is 11.6. The van der Waals surface area contributed by atoms with Gasteiger partial charge in [-0.05, 0) is 51.0 Å². The van der Waals surface area contributed by atoms with Crippen LogP contribution in [0.15, 0.2) is 0 Å². The number of hydrogen-bond donors (Lipinski definition) is 2. The molecule has 0 aromatic heterocycles. The summed E-state index contributed by atoms with van der Waals surface area (Å²) >= 11 is 0. The van der Waals surface area contributed by atoms with Gasteiger partial charge in [-0.15, -0.1) is 0 Å². The number of alkyl carbamates (subject to hydrolysis) is 1. The van der Waals surface area contributed by atoms with Crippen LogP contribution in [-0.4, -0.2) is 30.8 Å². The standard InChI is InChI=1S/C16H32N2O2/c1-11(9-18-13(19)20-14(2,3)4)17-10-12-15(5,6)16(12,7)8/h11-12,17H,9-10H2,1-8H3,(H,18,19). The van der Waals surface area contributed by atoms with E-state index in [1.165, 1.54) is 0 Å². The third-order valence-electron chi connectivity index (χ3n) is 4.94. The number of rotatable bonds is 5. The molecule has 118 valence electrons. The van der Waals surface area contributed by atoms with E-state index in [1.807, 2.05) is 20.8 Å². The van der Waals surface area contributed by atoms with Gasteiger partial charge in [-0.2, -0.15) is 0 Å². The number of ether oxygens (including phenoxy) is 1. The number of nitrogens with one attached hydrogen (secondary N) is 2. The van der Waals surface area contributed by atoms with Gasteiger partial charge in [0.15, 0.2) is 0 Å². The Labute approximate surface area is 124 Å². The average molecular weight is 284 g/mol. The third-order valence-corrected chi connectivity index (χ3v) is 4.94. The lowest BCUT2D eigenvalue weighted by Crippen LogP contribution is -2.42. The highest BCUT2D eigenvalue weighted by atomic mass is 16.6. The molecule has 1 saturated carbocycles. The van der Waals surface area contributed by atoms with Gasteiger partial charge in [0.25, 0.3) is 0 Å². The van der Waals surface area contributed by atoms with Gasteiger partial charge in [-0.25, -0.2) is 4.79 Å². The van der Waals surface area contributed by atoms with Gasteiger partial charge in [0.2, 0.25) is 0 Å². The van der Waals surface area contributed by atoms with Gasteiger partial charge in [0.1, 0.15) is 5.60 Å². The highest BCUT2D eigenvalue weighted by Gasteiger charge is 2.63. The first-order valence-corrected chi connectivity index (χ1v) is 7.58. The molecule has 0 radical (unpaired) electrons. The highest BCUT2D eigenvalue weighted by Crippen LogP contribution is 2.67. The molecule has 0 aromatic rings. The van der Waals surface area contributed by atoms with Crippen LogP contribution in [0.1, 0.15) is 55.4 Å². The molecular weight excluding hydrogens is 252 g/mol. The van der Waals surface area contributed by atoms with Crippen molar-refractivity contribution in [2.24, 2.45) is 16.7 Å². The van der Waals surface area contributed by atoms with Gasteiger partial charge in [0.05, 0.1) is 0 Å². The number of hydrogen-bond acceptors (Lipinski definition) is 3. The summed E-state index contributed by atoms with van der Waals surface area (Å²) in [6.45, 7) is 18.6. The Hall–Kier alpha value is -0.770. The molecule has 1 aliphatic carbocycles. The van der Waals surface area contributed by atoms with Gasteiger partial charge in [-0.1, -0.05) is 27.7 Å². The monoisotopic (exact) mass is 284 g/mol. The van der Waals surface area contributed by atoms with Crippen molar-refractivity contribution in [2.45, 2.75) is 67.0 Å². The minimum atomic E-state index is -0.442. The van der Waals surface area contributed by atoms with Crippen molar-refractivity contribution in [3.63, 3.8) is 0 Å². The van der Waals surface area contributed by atoms with Gasteiger partial charge in [-0.3, -0.25) is 0 Å². The molecule has 0 spiro atoms. The van der Waals surface area contributed by atoms with Crippen LogP contribution in [-0.2, 0) is 4.74 Å². The van der Waals surface area contributed by atoms with Crippen LogP contribution >= 0.6 is 0 Å². The molecule has 0 saturated heterocycles. The fourth-order valence-electron chi connectivity index (χ4n) is 2.79. The SMILES string of the molecule is CC(CNC(=O)OC(C)(C)C)NCC1C(C)(C)C1(C)C. The van der Waals surface area contributed by atoms with Crippen molar-refractivity contribution in [1.82, 2.24) is 10.6 Å². The fourth-order valence-corrected chi connectivity index (χ4v) is 2.79. The lowest BCUT2D eigenvalue weighted by Gasteiger charge is -2.21. The second-order valence-electron chi connectivity index (χ2n) is 8.19. The number of amides is 1. The summed E-state index contributed by atoms with van der Waals surface area (Å²) in [5.41, 5.74) is 0.361. The first kappa shape index (κ1) is 17.3. The zero-order valence-corrected chi connectivity index (χ0v) is 14.4. The second kappa shape index (κ2) is 5.55. The predicted octanol–water partition coefficient (Wildman–Crippen LogP) is 3.17. The van der Waals surface area contributed by atoms with E-state index in [0.717, 1.165) is 6.54 Å². The van der Waals surface area contributed by atoms with Crippen molar-refractivity contribution in [2.75, 3.05) is 13.1 Å². The topological polar surface area (TPSA) is 50.4 Å². The maximum Gasteiger partial charge on any atom is 0.407 e. The summed E-state index contributed by atoms with van der Waals surface area (Å²) in [6.07, 6.45) is -0.349. The third kappa shape index (κ3) is 4.11. The summed E-state index contributed by atoms with van der Waals surface area (Å²) in [4.78, 5) is 11.6. The van der Waals surface area contributed by atoms with Crippen LogP contribution < -0.4 is 10.6 Å². The van der Waals surface area contributed by atoms with E-state index >= 15 is 0 Å². The molecule has 0 heterocycles. The Kier molecular flexibility index (Phi) is 4.79. The van der Waals surface area contributed by atoms with Crippen LogP contribution in [0.3, 0.4) is 0 Å². The molecule has 1 unspecified atom stereocenters. The average Bonchev–Trinajstić information content (AvgIpc) is 2.61. The molecule has 2 N–H and O–H groups in total. The van der Waals surface area contributed by atoms with E-state index in [1.54, 1.807) is 0 Å². The van der Waals surface area contributed by atoms with Crippen LogP contribution in [0.25, 0.3) is 0 Å². The first-order valence-electron chi connectivity index (χ1n) is 7.58. The molecular formula is C16H32N2O2. The molecule has 0 bridgehead atoms. The van der Waals surface area contributed by atoms with E-state index in [2.05, 4.69) is 45.3 Å². The highest BCUT2D eigenvalue weighted by molar-refractivity contribution is 5.67. The summed E-state index contributed by atoms with van der Waals surface area (Å²) in [5.74, 6) is 0.693. The first-order chi connectivity index (χ1) is 8.88. The summed E-state index contributed by atoms with van der Waals surface area (Å²) in [7, 11) is 0. The molecule has 0 aliphatic heterocycles. The van der Waals surface area contributed by atoms with Gasteiger partial charge in [0, 0.05) is 12.6 Å². The van der Waals surface area contributed by atoms with Crippen LogP contribution in [0.4, 0.5) is 4.79 Å². The largest absolute Gasteiger partial charge is 0.444 e. The van der Waals surface area contributed by atoms with Gasteiger partial charge < -0.3 is 15.4 Å². The molecule has 1 aliphatic rings. The zero-order valence-electron chi connectivity index (χ0n) is 14.4. The summed E-state index contributed by atoms with van der Waals surface area (Å²) in [5, 5.41) is 6.30. The minimum Gasteiger partial charge on any atom is -0.444 e. The van der Waals surface area contributed by atoms with Crippen molar-refractivity contribution in [1.29, 1.82) is 0 Å². The van der Waals surface area contributed by atoms with Crippen molar-refractivity contribution < 1.29 is 9.53 Å². The summed E-state index contributed by atoms with van der Waals surface area (Å²) in [6, 6.07) is 0.245. The Morgan fingerprint density at radius 1 is 1.20 bits per heavy atom. The molecule has 1 atom stereocenters. The van der Waals surface area contributed by atoms with E-state index in [4.69, 9.17) is 4.74 Å². The fraction of sp³-hybridized carbons (Fsp3) is 0.938. The number of carbonyl (C=O) groups excluding carboxylic acids is 1. The normalized spacial score (nSPS) is 22.2. The minimum absolute atomic E-state index is 0.245. The van der Waals surface area contributed by atoms with Crippen LogP contribution in [0.2, 0.25) is 0 Å². The Morgan fingerprint density at radius 2 is 1.70 bits per heavy atom. The molecule has 1 fully saturated rings. The molecule has 1 amide bonds. The van der Waals surface area contributed by atoms with Crippen LogP contribution in [0.5, 0.6) is 0 Å². The van der Waals surface area contributed by atoms with E-state index in [0.29, 0.717) is 23.3 Å². The quantitative estimate of drug-likeness (QED) is 0.815. The predicted molar refractivity (Wildman–Crippen MR) is 82.8 cm³/mol. The van der Waals surface area contributed by atoms with E-state index in [9.17, 15) is 4.79 Å². The van der Waals surface area contributed by atoms with Crippen molar-refractivity contribution in [3.8, 4) is 0 Å². The molecule has 4 nitrogen and oxygen atoms in total. The van der Waals surface area contributed by atoms with Crippen molar-refractivity contribution >= 4 is 6.09 Å². The van der Waals surface area contributed by atoms with Crippen LogP contribution in [0, 0.1) is 16.7 Å². The Balaban J connectivity index is 2.22. The number of carbonyl (C=O) groups is 1. The lowest BCUT2D eigenvalue weighted by molar-refractivity contribution is 0.0523. The summed E-state index contributed by atoms with van der Waals surface area (Å²) < 4.78 is 5.21. The Morgan fingerprint density at radius 3 is 2.10 bits per heavy atom. The molecule has 20 heavy (non-hydrogen) atoms. The second-order valence-corrected chi connectivity index (χ2v) is 8.19. The van der Waals surface area contributed by atoms with Crippen molar-refractivity contribution in [3.05, 3.63) is 0 Å². The molecule has 0 aromatic carbocycles. The van der Waals surface area contributed by atoms with E-state index in [-0.39, 0.29) is 12.1 Å². The molecule has 4 heteroatoms.